The summed E-state index contributed by atoms with van der Waals surface area (Å²) in [7, 11) is 0. The van der Waals surface area contributed by atoms with Crippen molar-refractivity contribution < 1.29 is 14.1 Å². The van der Waals surface area contributed by atoms with Gasteiger partial charge in [0, 0.05) is 23.7 Å². The fourth-order valence-electron chi connectivity index (χ4n) is 2.13. The summed E-state index contributed by atoms with van der Waals surface area (Å²) in [4.78, 5) is 15.8. The summed E-state index contributed by atoms with van der Waals surface area (Å²) in [5.41, 5.74) is 1.41. The predicted molar refractivity (Wildman–Crippen MR) is 67.9 cm³/mol. The van der Waals surface area contributed by atoms with Gasteiger partial charge >= 0.3 is 0 Å². The van der Waals surface area contributed by atoms with Crippen LogP contribution in [0.1, 0.15) is 35.4 Å². The van der Waals surface area contributed by atoms with E-state index in [1.54, 1.807) is 12.1 Å². The molecule has 1 aliphatic rings. The summed E-state index contributed by atoms with van der Waals surface area (Å²) >= 11 is 0. The van der Waals surface area contributed by atoms with E-state index in [4.69, 9.17) is 9.26 Å². The molecule has 0 saturated carbocycles. The Morgan fingerprint density at radius 2 is 2.32 bits per heavy atom. The predicted octanol–water partition coefficient (Wildman–Crippen LogP) is 2.44. The van der Waals surface area contributed by atoms with E-state index in [1.165, 1.54) is 6.92 Å². The van der Waals surface area contributed by atoms with Crippen LogP contribution in [0.2, 0.25) is 0 Å². The molecule has 2 heterocycles. The van der Waals surface area contributed by atoms with Crippen LogP contribution in [0.25, 0.3) is 11.5 Å². The molecule has 3 rings (SSSR count). The molecule has 5 nitrogen and oxygen atoms in total. The molecule has 0 radical (unpaired) electrons. The average Bonchev–Trinajstić information content (AvgIpc) is 3.09. The van der Waals surface area contributed by atoms with Crippen molar-refractivity contribution in [1.82, 2.24) is 10.1 Å². The lowest BCUT2D eigenvalue weighted by atomic mass is 10.1. The second kappa shape index (κ2) is 4.93. The van der Waals surface area contributed by atoms with E-state index in [1.807, 2.05) is 12.1 Å². The van der Waals surface area contributed by atoms with Gasteiger partial charge in [-0.15, -0.1) is 0 Å². The van der Waals surface area contributed by atoms with Gasteiger partial charge in [0.15, 0.2) is 11.6 Å². The van der Waals surface area contributed by atoms with Gasteiger partial charge in [-0.1, -0.05) is 17.3 Å². The molecule has 2 aromatic rings. The Hall–Kier alpha value is -2.01. The SMILES string of the molecule is CC(=O)c1cccc(-c2nc(C3CCOC3)no2)c1. The number of ether oxygens (including phenoxy) is 1. The van der Waals surface area contributed by atoms with E-state index in [2.05, 4.69) is 10.1 Å². The van der Waals surface area contributed by atoms with Gasteiger partial charge in [-0.25, -0.2) is 0 Å². The number of hydrogen-bond acceptors (Lipinski definition) is 5. The zero-order valence-electron chi connectivity index (χ0n) is 10.6. The summed E-state index contributed by atoms with van der Waals surface area (Å²) < 4.78 is 10.6. The number of nitrogens with zero attached hydrogens (tertiary/aromatic N) is 2. The van der Waals surface area contributed by atoms with Gasteiger partial charge in [0.05, 0.1) is 6.61 Å². The molecule has 0 N–H and O–H groups in total. The quantitative estimate of drug-likeness (QED) is 0.791. The first-order chi connectivity index (χ1) is 9.24. The summed E-state index contributed by atoms with van der Waals surface area (Å²) in [6.07, 6.45) is 0.923. The van der Waals surface area contributed by atoms with Gasteiger partial charge in [0.1, 0.15) is 0 Å². The molecule has 0 spiro atoms. The Morgan fingerprint density at radius 1 is 1.42 bits per heavy atom. The first-order valence-corrected chi connectivity index (χ1v) is 6.27. The number of ketones is 1. The van der Waals surface area contributed by atoms with Crippen molar-refractivity contribution in [2.24, 2.45) is 0 Å². The highest BCUT2D eigenvalue weighted by Gasteiger charge is 2.23. The van der Waals surface area contributed by atoms with Crippen LogP contribution < -0.4 is 0 Å². The minimum Gasteiger partial charge on any atom is -0.381 e. The second-order valence-corrected chi connectivity index (χ2v) is 4.66. The topological polar surface area (TPSA) is 65.2 Å². The lowest BCUT2D eigenvalue weighted by molar-refractivity contribution is 0.101. The van der Waals surface area contributed by atoms with Gasteiger partial charge in [-0.3, -0.25) is 4.79 Å². The number of Topliss-reactive ketones (excluding diaryl/α,β-unsaturated/α-hetero) is 1. The zero-order valence-corrected chi connectivity index (χ0v) is 10.6. The lowest BCUT2D eigenvalue weighted by Gasteiger charge is -1.99. The molecule has 0 amide bonds. The fourth-order valence-corrected chi connectivity index (χ4v) is 2.13. The monoisotopic (exact) mass is 258 g/mol. The fraction of sp³-hybridized carbons (Fsp3) is 0.357. The van der Waals surface area contributed by atoms with Crippen LogP contribution in [0.5, 0.6) is 0 Å². The zero-order chi connectivity index (χ0) is 13.2. The Kier molecular flexibility index (Phi) is 3.13. The van der Waals surface area contributed by atoms with E-state index in [0.29, 0.717) is 23.9 Å². The van der Waals surface area contributed by atoms with Crippen LogP contribution in [0.3, 0.4) is 0 Å². The Balaban J connectivity index is 1.89. The van der Waals surface area contributed by atoms with Gasteiger partial charge in [0.2, 0.25) is 0 Å². The highest BCUT2D eigenvalue weighted by Crippen LogP contribution is 2.25. The number of carbonyl (C=O) groups is 1. The number of hydrogen-bond donors (Lipinski definition) is 0. The summed E-state index contributed by atoms with van der Waals surface area (Å²) in [6, 6.07) is 7.21. The lowest BCUT2D eigenvalue weighted by Crippen LogP contribution is -1.99. The first kappa shape index (κ1) is 12.0. The molecule has 1 aromatic heterocycles. The minimum atomic E-state index is 0.0192. The maximum atomic E-state index is 11.4. The van der Waals surface area contributed by atoms with Crippen LogP contribution in [0.15, 0.2) is 28.8 Å². The highest BCUT2D eigenvalue weighted by atomic mass is 16.5. The van der Waals surface area contributed by atoms with E-state index in [0.717, 1.165) is 18.6 Å². The van der Waals surface area contributed by atoms with Crippen LogP contribution in [0, 0.1) is 0 Å². The third-order valence-electron chi connectivity index (χ3n) is 3.25. The molecule has 1 aliphatic heterocycles. The van der Waals surface area contributed by atoms with E-state index >= 15 is 0 Å². The average molecular weight is 258 g/mol. The smallest absolute Gasteiger partial charge is 0.257 e. The molecule has 1 aromatic carbocycles. The van der Waals surface area contributed by atoms with Gasteiger partial charge in [-0.2, -0.15) is 4.98 Å². The Morgan fingerprint density at radius 3 is 3.05 bits per heavy atom. The molecule has 0 aliphatic carbocycles. The molecule has 1 unspecified atom stereocenters. The maximum absolute atomic E-state index is 11.4. The maximum Gasteiger partial charge on any atom is 0.257 e. The summed E-state index contributed by atoms with van der Waals surface area (Å²) in [5.74, 6) is 1.37. The van der Waals surface area contributed by atoms with Crippen LogP contribution in [0.4, 0.5) is 0 Å². The second-order valence-electron chi connectivity index (χ2n) is 4.66. The van der Waals surface area contributed by atoms with Crippen LogP contribution >= 0.6 is 0 Å². The van der Waals surface area contributed by atoms with Crippen molar-refractivity contribution in [2.75, 3.05) is 13.2 Å². The van der Waals surface area contributed by atoms with E-state index in [-0.39, 0.29) is 11.7 Å². The van der Waals surface area contributed by atoms with Crippen molar-refractivity contribution in [1.29, 1.82) is 0 Å². The molecular formula is C14H14N2O3. The normalized spacial score (nSPS) is 18.7. The Bertz CT molecular complexity index is 600. The molecule has 1 fully saturated rings. The molecule has 1 atom stereocenters. The van der Waals surface area contributed by atoms with Crippen molar-refractivity contribution in [2.45, 2.75) is 19.3 Å². The van der Waals surface area contributed by atoms with Crippen molar-refractivity contribution in [3.8, 4) is 11.5 Å². The third-order valence-corrected chi connectivity index (χ3v) is 3.25. The van der Waals surface area contributed by atoms with Crippen LogP contribution in [-0.4, -0.2) is 29.1 Å². The molecule has 19 heavy (non-hydrogen) atoms. The van der Waals surface area contributed by atoms with E-state index < -0.39 is 0 Å². The van der Waals surface area contributed by atoms with Crippen molar-refractivity contribution in [3.05, 3.63) is 35.7 Å². The van der Waals surface area contributed by atoms with Crippen LogP contribution in [-0.2, 0) is 4.74 Å². The standard InChI is InChI=1S/C14H14N2O3/c1-9(17)10-3-2-4-11(7-10)14-15-13(16-19-14)12-5-6-18-8-12/h2-4,7,12H,5-6,8H2,1H3. The molecule has 5 heteroatoms. The van der Waals surface area contributed by atoms with E-state index in [9.17, 15) is 4.79 Å². The summed E-state index contributed by atoms with van der Waals surface area (Å²) in [6.45, 7) is 2.93. The van der Waals surface area contributed by atoms with Crippen molar-refractivity contribution in [3.63, 3.8) is 0 Å². The number of aromatic nitrogens is 2. The highest BCUT2D eigenvalue weighted by molar-refractivity contribution is 5.95. The molecular weight excluding hydrogens is 244 g/mol. The molecule has 98 valence electrons. The van der Waals surface area contributed by atoms with Gasteiger partial charge in [-0.05, 0) is 25.5 Å². The number of benzene rings is 1. The van der Waals surface area contributed by atoms with Gasteiger partial charge in [0.25, 0.3) is 5.89 Å². The number of rotatable bonds is 3. The molecule has 1 saturated heterocycles. The Labute approximate surface area is 110 Å². The van der Waals surface area contributed by atoms with Gasteiger partial charge < -0.3 is 9.26 Å². The first-order valence-electron chi connectivity index (χ1n) is 6.27. The molecule has 0 bridgehead atoms. The minimum absolute atomic E-state index is 0.0192. The summed E-state index contributed by atoms with van der Waals surface area (Å²) in [5, 5.41) is 4.00. The largest absolute Gasteiger partial charge is 0.381 e. The number of carbonyl (C=O) groups excluding carboxylic acids is 1. The van der Waals surface area contributed by atoms with Crippen molar-refractivity contribution >= 4 is 5.78 Å². The third kappa shape index (κ3) is 2.42.